The van der Waals surface area contributed by atoms with E-state index in [9.17, 15) is 9.18 Å². The van der Waals surface area contributed by atoms with E-state index < -0.39 is 0 Å². The van der Waals surface area contributed by atoms with Gasteiger partial charge in [-0.3, -0.25) is 4.79 Å². The molecular formula is C24H19FO3S. The fourth-order valence-corrected chi connectivity index (χ4v) is 4.11. The molecule has 0 N–H and O–H groups in total. The summed E-state index contributed by atoms with van der Waals surface area (Å²) in [7, 11) is 0. The molecule has 0 aliphatic carbocycles. The monoisotopic (exact) mass is 406 g/mol. The van der Waals surface area contributed by atoms with Gasteiger partial charge in [-0.15, -0.1) is 0 Å². The summed E-state index contributed by atoms with van der Waals surface area (Å²) in [5.41, 5.74) is 2.06. The lowest BCUT2D eigenvalue weighted by atomic mass is 10.1. The van der Waals surface area contributed by atoms with E-state index in [1.165, 1.54) is 17.8 Å². The van der Waals surface area contributed by atoms with Gasteiger partial charge in [-0.05, 0) is 48.9 Å². The number of fused-ring (bicyclic) bond motifs is 1. The molecule has 4 rings (SSSR count). The highest BCUT2D eigenvalue weighted by molar-refractivity contribution is 8.04. The van der Waals surface area contributed by atoms with Crippen LogP contribution in [0.25, 0.3) is 6.08 Å². The lowest BCUT2D eigenvalue weighted by Crippen LogP contribution is -2.01. The Bertz CT molecular complexity index is 1090. The third-order valence-corrected chi connectivity index (χ3v) is 5.58. The number of Topliss-reactive ketones (excluding diaryl/α,β-unsaturated/α-hetero) is 1. The van der Waals surface area contributed by atoms with E-state index in [1.54, 1.807) is 24.3 Å². The molecular weight excluding hydrogens is 387 g/mol. The molecule has 1 aliphatic rings. The highest BCUT2D eigenvalue weighted by Gasteiger charge is 2.25. The van der Waals surface area contributed by atoms with Gasteiger partial charge in [0.15, 0.2) is 11.5 Å². The van der Waals surface area contributed by atoms with Crippen molar-refractivity contribution in [2.24, 2.45) is 0 Å². The second-order valence-corrected chi connectivity index (χ2v) is 7.54. The first kappa shape index (κ1) is 19.3. The first-order valence-electron chi connectivity index (χ1n) is 9.32. The molecule has 0 bridgehead atoms. The van der Waals surface area contributed by atoms with Crippen molar-refractivity contribution in [3.8, 4) is 11.5 Å². The van der Waals surface area contributed by atoms with Crippen molar-refractivity contribution >= 4 is 23.6 Å². The van der Waals surface area contributed by atoms with Crippen molar-refractivity contribution in [2.45, 2.75) is 18.4 Å². The third-order valence-electron chi connectivity index (χ3n) is 4.48. The normalized spacial score (nSPS) is 14.1. The van der Waals surface area contributed by atoms with Gasteiger partial charge in [0, 0.05) is 16.0 Å². The smallest absolute Gasteiger partial charge is 0.200 e. The van der Waals surface area contributed by atoms with E-state index in [1.807, 2.05) is 49.4 Å². The molecule has 3 aromatic rings. The van der Waals surface area contributed by atoms with Crippen LogP contribution in [0.2, 0.25) is 0 Å². The van der Waals surface area contributed by atoms with Crippen LogP contribution in [0.1, 0.15) is 28.4 Å². The number of hydrogen-bond acceptors (Lipinski definition) is 4. The summed E-state index contributed by atoms with van der Waals surface area (Å²) in [4.78, 5) is 14.2. The van der Waals surface area contributed by atoms with Gasteiger partial charge >= 0.3 is 0 Å². The predicted octanol–water partition coefficient (Wildman–Crippen LogP) is 6.13. The fraction of sp³-hybridized carbons (Fsp3) is 0.125. The zero-order chi connectivity index (χ0) is 20.2. The molecule has 0 radical (unpaired) electrons. The highest BCUT2D eigenvalue weighted by atomic mass is 32.2. The lowest BCUT2D eigenvalue weighted by molar-refractivity contribution is 0.104. The molecule has 0 amide bonds. The Morgan fingerprint density at radius 3 is 2.55 bits per heavy atom. The molecule has 3 aromatic carbocycles. The van der Waals surface area contributed by atoms with E-state index in [-0.39, 0.29) is 18.2 Å². The SMILES string of the molecule is CCOc1cc(C=C2Sc3ccccc3C2=O)ccc1OCc1ccccc1F. The summed E-state index contributed by atoms with van der Waals surface area (Å²) < 4.78 is 25.3. The minimum Gasteiger partial charge on any atom is -0.490 e. The standard InChI is InChI=1S/C24H19FO3S/c1-2-27-21-13-16(14-23-24(26)18-8-4-6-10-22(18)29-23)11-12-20(21)28-15-17-7-3-5-9-19(17)25/h3-14H,2,15H2,1H3. The number of allylic oxidation sites excluding steroid dienone is 1. The number of carbonyl (C=O) groups excluding carboxylic acids is 1. The second kappa shape index (κ2) is 8.53. The van der Waals surface area contributed by atoms with E-state index in [0.29, 0.717) is 28.6 Å². The van der Waals surface area contributed by atoms with Crippen molar-refractivity contribution in [1.82, 2.24) is 0 Å². The number of ketones is 1. The third kappa shape index (κ3) is 4.20. The molecule has 0 unspecified atom stereocenters. The number of carbonyl (C=O) groups is 1. The van der Waals surface area contributed by atoms with Gasteiger partial charge in [-0.25, -0.2) is 4.39 Å². The van der Waals surface area contributed by atoms with Crippen molar-refractivity contribution in [1.29, 1.82) is 0 Å². The first-order chi connectivity index (χ1) is 14.2. The molecule has 5 heteroatoms. The van der Waals surface area contributed by atoms with Crippen molar-refractivity contribution < 1.29 is 18.7 Å². The summed E-state index contributed by atoms with van der Waals surface area (Å²) in [6, 6.07) is 19.6. The van der Waals surface area contributed by atoms with Crippen LogP contribution in [0, 0.1) is 5.82 Å². The molecule has 29 heavy (non-hydrogen) atoms. The largest absolute Gasteiger partial charge is 0.490 e. The first-order valence-corrected chi connectivity index (χ1v) is 10.1. The van der Waals surface area contributed by atoms with Crippen LogP contribution in [-0.2, 0) is 6.61 Å². The predicted molar refractivity (Wildman–Crippen MR) is 113 cm³/mol. The van der Waals surface area contributed by atoms with Crippen LogP contribution in [0.5, 0.6) is 11.5 Å². The van der Waals surface area contributed by atoms with Gasteiger partial charge in [0.05, 0.1) is 11.5 Å². The molecule has 0 fully saturated rings. The lowest BCUT2D eigenvalue weighted by Gasteiger charge is -2.13. The Kier molecular flexibility index (Phi) is 5.67. The van der Waals surface area contributed by atoms with E-state index in [4.69, 9.17) is 9.47 Å². The molecule has 1 aliphatic heterocycles. The summed E-state index contributed by atoms with van der Waals surface area (Å²) >= 11 is 1.47. The Hall–Kier alpha value is -3.05. The number of hydrogen-bond donors (Lipinski definition) is 0. The Morgan fingerprint density at radius 2 is 1.76 bits per heavy atom. The fourth-order valence-electron chi connectivity index (χ4n) is 3.06. The molecule has 3 nitrogen and oxygen atoms in total. The minimum atomic E-state index is -0.303. The van der Waals surface area contributed by atoms with Crippen LogP contribution in [0.4, 0.5) is 4.39 Å². The zero-order valence-electron chi connectivity index (χ0n) is 15.9. The number of ether oxygens (including phenoxy) is 2. The van der Waals surface area contributed by atoms with E-state index >= 15 is 0 Å². The maximum atomic E-state index is 13.8. The number of halogens is 1. The average Bonchev–Trinajstić information content (AvgIpc) is 3.04. The molecule has 0 saturated heterocycles. The van der Waals surface area contributed by atoms with E-state index in [2.05, 4.69) is 0 Å². The summed E-state index contributed by atoms with van der Waals surface area (Å²) in [5, 5.41) is 0. The molecule has 0 aromatic heterocycles. The minimum absolute atomic E-state index is 0.0310. The van der Waals surface area contributed by atoms with Gasteiger partial charge in [0.2, 0.25) is 5.78 Å². The van der Waals surface area contributed by atoms with Crippen LogP contribution in [0.15, 0.2) is 76.5 Å². The topological polar surface area (TPSA) is 35.5 Å². The van der Waals surface area contributed by atoms with Gasteiger partial charge < -0.3 is 9.47 Å². The Labute approximate surface area is 173 Å². The molecule has 1 heterocycles. The van der Waals surface area contributed by atoms with Crippen molar-refractivity contribution in [2.75, 3.05) is 6.61 Å². The second-order valence-electron chi connectivity index (χ2n) is 6.46. The maximum absolute atomic E-state index is 13.8. The van der Waals surface area contributed by atoms with Crippen molar-refractivity contribution in [3.05, 3.63) is 94.1 Å². The summed E-state index contributed by atoms with van der Waals surface area (Å²) in [6.07, 6.45) is 1.86. The summed E-state index contributed by atoms with van der Waals surface area (Å²) in [6.45, 7) is 2.46. The molecule has 146 valence electrons. The quantitative estimate of drug-likeness (QED) is 0.461. The van der Waals surface area contributed by atoms with Crippen LogP contribution in [-0.4, -0.2) is 12.4 Å². The molecule has 0 saturated carbocycles. The highest BCUT2D eigenvalue weighted by Crippen LogP contribution is 2.41. The maximum Gasteiger partial charge on any atom is 0.200 e. The number of thioether (sulfide) groups is 1. The number of benzene rings is 3. The molecule has 0 atom stereocenters. The Balaban J connectivity index is 1.56. The molecule has 0 spiro atoms. The average molecular weight is 406 g/mol. The van der Waals surface area contributed by atoms with Gasteiger partial charge in [0.1, 0.15) is 12.4 Å². The van der Waals surface area contributed by atoms with Gasteiger partial charge in [-0.1, -0.05) is 48.2 Å². The summed E-state index contributed by atoms with van der Waals surface area (Å²) in [5.74, 6) is 0.823. The van der Waals surface area contributed by atoms with Gasteiger partial charge in [-0.2, -0.15) is 0 Å². The van der Waals surface area contributed by atoms with Crippen LogP contribution >= 0.6 is 11.8 Å². The van der Waals surface area contributed by atoms with Crippen LogP contribution < -0.4 is 9.47 Å². The van der Waals surface area contributed by atoms with Crippen molar-refractivity contribution in [3.63, 3.8) is 0 Å². The van der Waals surface area contributed by atoms with Gasteiger partial charge in [0.25, 0.3) is 0 Å². The van der Waals surface area contributed by atoms with E-state index in [0.717, 1.165) is 16.0 Å². The number of rotatable bonds is 6. The van der Waals surface area contributed by atoms with Crippen LogP contribution in [0.3, 0.4) is 0 Å². The zero-order valence-corrected chi connectivity index (χ0v) is 16.7. The Morgan fingerprint density at radius 1 is 0.966 bits per heavy atom.